The molecule has 0 N–H and O–H groups in total. The van der Waals surface area contributed by atoms with Crippen LogP contribution in [0, 0.1) is 5.82 Å². The maximum atomic E-state index is 12.4. The zero-order chi connectivity index (χ0) is 8.27. The molecule has 0 saturated carbocycles. The van der Waals surface area contributed by atoms with Crippen molar-refractivity contribution in [2.75, 3.05) is 0 Å². The lowest BCUT2D eigenvalue weighted by atomic mass is 10.4. The Labute approximate surface area is 79.6 Å². The van der Waals surface area contributed by atoms with Crippen LogP contribution in [0.1, 0.15) is 0 Å². The number of hydrogen-bond donors (Lipinski definition) is 1. The van der Waals surface area contributed by atoms with E-state index in [9.17, 15) is 4.39 Å². The van der Waals surface area contributed by atoms with Gasteiger partial charge in [-0.05, 0) is 24.3 Å². The smallest absolute Gasteiger partial charge is 0.123 e. The van der Waals surface area contributed by atoms with Crippen LogP contribution in [0.25, 0.3) is 0 Å². The molecule has 58 valence electrons. The van der Waals surface area contributed by atoms with Gasteiger partial charge in [0.2, 0.25) is 0 Å². The zero-order valence-corrected chi connectivity index (χ0v) is 7.98. The van der Waals surface area contributed by atoms with E-state index in [0.29, 0.717) is 3.53 Å². The molecule has 0 bridgehead atoms. The first-order chi connectivity index (χ1) is 5.18. The molecule has 11 heavy (non-hydrogen) atoms. The molecule has 0 nitrogen and oxygen atoms in total. The molecule has 1 rings (SSSR count). The quantitative estimate of drug-likeness (QED) is 0.424. The van der Waals surface area contributed by atoms with Crippen molar-refractivity contribution in [3.63, 3.8) is 0 Å². The highest BCUT2D eigenvalue weighted by Crippen LogP contribution is 2.21. The fourth-order valence-corrected chi connectivity index (χ4v) is 1.68. The lowest BCUT2D eigenvalue weighted by molar-refractivity contribution is 0.626. The molecule has 0 unspecified atom stereocenters. The fourth-order valence-electron chi connectivity index (χ4n) is 0.603. The van der Waals surface area contributed by atoms with Gasteiger partial charge in [-0.25, -0.2) is 4.39 Å². The number of benzene rings is 1. The summed E-state index contributed by atoms with van der Waals surface area (Å²) in [4.78, 5) is 0.909. The number of hydrogen-bond acceptors (Lipinski definition) is 2. The van der Waals surface area contributed by atoms with E-state index >= 15 is 0 Å². The molecule has 4 heteroatoms. The van der Waals surface area contributed by atoms with Crippen LogP contribution in [0.5, 0.6) is 0 Å². The molecule has 0 amide bonds. The molecule has 1 aromatic carbocycles. The summed E-state index contributed by atoms with van der Waals surface area (Å²) < 4.78 is 12.9. The molecule has 0 aliphatic heterocycles. The van der Waals surface area contributed by atoms with E-state index in [4.69, 9.17) is 12.2 Å². The number of thiol groups is 1. The summed E-state index contributed by atoms with van der Waals surface area (Å²) in [7, 11) is 0. The van der Waals surface area contributed by atoms with Crippen LogP contribution in [0.3, 0.4) is 0 Å². The molecule has 0 heterocycles. The van der Waals surface area contributed by atoms with E-state index < -0.39 is 0 Å². The second-order valence-corrected chi connectivity index (χ2v) is 4.62. The summed E-state index contributed by atoms with van der Waals surface area (Å²) in [6.45, 7) is 0. The van der Waals surface area contributed by atoms with Crippen LogP contribution in [0.4, 0.5) is 4.39 Å². The van der Waals surface area contributed by atoms with E-state index in [2.05, 4.69) is 12.6 Å². The van der Waals surface area contributed by atoms with E-state index in [1.54, 1.807) is 12.1 Å². The zero-order valence-electron chi connectivity index (χ0n) is 5.45. The fraction of sp³-hybridized carbons (Fsp3) is 0. The first kappa shape index (κ1) is 9.03. The van der Waals surface area contributed by atoms with Gasteiger partial charge in [-0.1, -0.05) is 24.0 Å². The molecule has 0 aromatic heterocycles. The van der Waals surface area contributed by atoms with Gasteiger partial charge in [-0.15, -0.1) is 12.6 Å². The Balaban J connectivity index is 2.74. The van der Waals surface area contributed by atoms with Crippen molar-refractivity contribution in [3.05, 3.63) is 30.1 Å². The topological polar surface area (TPSA) is 0 Å². The third-order valence-corrected chi connectivity index (χ3v) is 2.23. The van der Waals surface area contributed by atoms with Crippen LogP contribution in [-0.2, 0) is 0 Å². The predicted octanol–water partition coefficient (Wildman–Crippen LogP) is 3.13. The van der Waals surface area contributed by atoms with Gasteiger partial charge < -0.3 is 0 Å². The van der Waals surface area contributed by atoms with Gasteiger partial charge in [0.1, 0.15) is 9.35 Å². The number of thiocarbonyl (C=S) groups is 1. The molecular weight excluding hydrogens is 199 g/mol. The summed E-state index contributed by atoms with van der Waals surface area (Å²) >= 11 is 10.0. The Morgan fingerprint density at radius 1 is 1.36 bits per heavy atom. The highest BCUT2D eigenvalue weighted by atomic mass is 32.2. The van der Waals surface area contributed by atoms with Crippen LogP contribution in [0.2, 0.25) is 0 Å². The molecule has 0 aliphatic carbocycles. The lowest BCUT2D eigenvalue weighted by Gasteiger charge is -1.95. The van der Waals surface area contributed by atoms with Crippen molar-refractivity contribution < 1.29 is 4.39 Å². The predicted molar refractivity (Wildman–Crippen MR) is 53.8 cm³/mol. The second-order valence-electron chi connectivity index (χ2n) is 1.82. The Morgan fingerprint density at radius 2 is 1.91 bits per heavy atom. The molecule has 0 saturated heterocycles. The molecular formula is C7H5FS3. The minimum absolute atomic E-state index is 0.237. The van der Waals surface area contributed by atoms with Gasteiger partial charge in [0.25, 0.3) is 0 Å². The van der Waals surface area contributed by atoms with E-state index in [-0.39, 0.29) is 5.82 Å². The molecule has 1 aromatic rings. The number of halogens is 1. The van der Waals surface area contributed by atoms with E-state index in [1.807, 2.05) is 0 Å². The summed E-state index contributed by atoms with van der Waals surface area (Å²) in [5.41, 5.74) is 0. The third kappa shape index (κ3) is 3.22. The highest BCUT2D eigenvalue weighted by Gasteiger charge is 1.95. The molecule has 0 aliphatic rings. The SMILES string of the molecule is Fc1ccc(SC(=S)S)cc1. The average Bonchev–Trinajstić information content (AvgIpc) is 1.93. The number of thioether (sulfide) groups is 1. The monoisotopic (exact) mass is 204 g/mol. The number of rotatable bonds is 1. The van der Waals surface area contributed by atoms with Gasteiger partial charge in [0, 0.05) is 4.90 Å². The second kappa shape index (κ2) is 4.09. The third-order valence-electron chi connectivity index (χ3n) is 1.02. The minimum atomic E-state index is -0.237. The van der Waals surface area contributed by atoms with Gasteiger partial charge in [-0.2, -0.15) is 0 Å². The Morgan fingerprint density at radius 3 is 2.36 bits per heavy atom. The van der Waals surface area contributed by atoms with Crippen LogP contribution >= 0.6 is 36.6 Å². The summed E-state index contributed by atoms with van der Waals surface area (Å²) in [6, 6.07) is 6.13. The summed E-state index contributed by atoms with van der Waals surface area (Å²) in [6.07, 6.45) is 0. The largest absolute Gasteiger partial charge is 0.207 e. The van der Waals surface area contributed by atoms with Gasteiger partial charge >= 0.3 is 0 Å². The first-order valence-corrected chi connectivity index (χ1v) is 4.52. The maximum absolute atomic E-state index is 12.4. The summed E-state index contributed by atoms with van der Waals surface area (Å²) in [5, 5.41) is 0. The Bertz CT molecular complexity index is 255. The van der Waals surface area contributed by atoms with Gasteiger partial charge in [0.05, 0.1) is 0 Å². The van der Waals surface area contributed by atoms with Crippen molar-refractivity contribution in [2.24, 2.45) is 0 Å². The molecule has 0 radical (unpaired) electrons. The Kier molecular flexibility index (Phi) is 3.36. The molecule has 0 fully saturated rings. The Hall–Kier alpha value is -0.0600. The van der Waals surface area contributed by atoms with Gasteiger partial charge in [0.15, 0.2) is 0 Å². The van der Waals surface area contributed by atoms with Crippen molar-refractivity contribution in [1.82, 2.24) is 0 Å². The van der Waals surface area contributed by atoms with Gasteiger partial charge in [-0.3, -0.25) is 0 Å². The van der Waals surface area contributed by atoms with Crippen molar-refractivity contribution in [1.29, 1.82) is 0 Å². The van der Waals surface area contributed by atoms with Crippen LogP contribution in [-0.4, -0.2) is 3.53 Å². The van der Waals surface area contributed by atoms with Crippen LogP contribution in [0.15, 0.2) is 29.2 Å². The lowest BCUT2D eigenvalue weighted by Crippen LogP contribution is -1.76. The molecule has 0 atom stereocenters. The van der Waals surface area contributed by atoms with E-state index in [0.717, 1.165) is 4.90 Å². The normalized spacial score (nSPS) is 9.64. The van der Waals surface area contributed by atoms with Crippen molar-refractivity contribution in [2.45, 2.75) is 4.90 Å². The van der Waals surface area contributed by atoms with Crippen molar-refractivity contribution in [3.8, 4) is 0 Å². The summed E-state index contributed by atoms with van der Waals surface area (Å²) in [5.74, 6) is -0.237. The van der Waals surface area contributed by atoms with Crippen LogP contribution < -0.4 is 0 Å². The molecule has 0 spiro atoms. The highest BCUT2D eigenvalue weighted by molar-refractivity contribution is 8.41. The van der Waals surface area contributed by atoms with Crippen molar-refractivity contribution >= 4 is 40.1 Å². The van der Waals surface area contributed by atoms with E-state index in [1.165, 1.54) is 23.9 Å². The average molecular weight is 204 g/mol. The standard InChI is InChI=1S/C7H5FS3/c8-5-1-3-6(4-2-5)11-7(9)10/h1-4H,(H,9,10). The maximum Gasteiger partial charge on any atom is 0.123 e. The minimum Gasteiger partial charge on any atom is -0.207 e. The first-order valence-electron chi connectivity index (χ1n) is 2.85.